The van der Waals surface area contributed by atoms with Crippen LogP contribution in [0.5, 0.6) is 0 Å². The fourth-order valence-corrected chi connectivity index (χ4v) is 4.22. The van der Waals surface area contributed by atoms with Crippen molar-refractivity contribution >= 4 is 29.0 Å². The number of hydrogen-bond donors (Lipinski definition) is 2. The van der Waals surface area contributed by atoms with Gasteiger partial charge in [-0.25, -0.2) is 4.68 Å². The smallest absolute Gasteiger partial charge is 0.133 e. The summed E-state index contributed by atoms with van der Waals surface area (Å²) in [6.07, 6.45) is 16.9. The number of aromatic nitrogens is 5. The minimum Gasteiger partial charge on any atom is -0.378 e. The van der Waals surface area contributed by atoms with E-state index in [1.807, 2.05) is 53.5 Å². The minimum atomic E-state index is 0.673. The molecule has 2 aliphatic rings. The van der Waals surface area contributed by atoms with Crippen molar-refractivity contribution in [3.63, 3.8) is 0 Å². The Labute approximate surface area is 202 Å². The molecular weight excluding hydrogens is 440 g/mol. The number of morpholine rings is 1. The number of hydrogen-bond acceptors (Lipinski definition) is 7. The third-order valence-electron chi connectivity index (χ3n) is 5.96. The molecule has 174 valence electrons. The summed E-state index contributed by atoms with van der Waals surface area (Å²) in [5.41, 5.74) is 8.62. The van der Waals surface area contributed by atoms with Gasteiger partial charge in [-0.2, -0.15) is 10.2 Å². The van der Waals surface area contributed by atoms with Crippen LogP contribution < -0.4 is 5.43 Å². The first kappa shape index (κ1) is 21.1. The molecule has 1 fully saturated rings. The molecule has 2 aliphatic heterocycles. The van der Waals surface area contributed by atoms with Gasteiger partial charge in [-0.05, 0) is 24.3 Å². The lowest BCUT2D eigenvalue weighted by Gasteiger charge is -2.31. The molecule has 9 nitrogen and oxygen atoms in total. The SMILES string of the molecule is C1=C(N/N=C/c2c[nH]c3ccccc23)/C=C(/N2CCOCC2)n2nc(-c3cnccn3)cc2/C=C/1. The lowest BCUT2D eigenvalue weighted by molar-refractivity contribution is 0.0611. The van der Waals surface area contributed by atoms with E-state index in [1.54, 1.807) is 18.6 Å². The summed E-state index contributed by atoms with van der Waals surface area (Å²) in [4.78, 5) is 14.2. The Kier molecular flexibility index (Phi) is 5.65. The predicted octanol–water partition coefficient (Wildman–Crippen LogP) is 3.49. The average molecular weight is 465 g/mol. The third-order valence-corrected chi connectivity index (χ3v) is 5.96. The fraction of sp³-hybridized carbons (Fsp3) is 0.154. The Hall–Kier alpha value is -4.50. The highest BCUT2D eigenvalue weighted by molar-refractivity contribution is 5.98. The molecule has 4 aromatic rings. The fourth-order valence-electron chi connectivity index (χ4n) is 4.22. The molecule has 0 atom stereocenters. The van der Waals surface area contributed by atoms with Crippen molar-refractivity contribution in [2.45, 2.75) is 0 Å². The van der Waals surface area contributed by atoms with E-state index in [1.165, 1.54) is 0 Å². The van der Waals surface area contributed by atoms with E-state index in [0.717, 1.165) is 58.2 Å². The molecule has 0 spiro atoms. The van der Waals surface area contributed by atoms with Gasteiger partial charge >= 0.3 is 0 Å². The molecule has 9 heteroatoms. The number of nitrogens with one attached hydrogen (secondary N) is 2. The molecule has 0 saturated carbocycles. The summed E-state index contributed by atoms with van der Waals surface area (Å²) in [7, 11) is 0. The topological polar surface area (TPSA) is 96.2 Å². The summed E-state index contributed by atoms with van der Waals surface area (Å²) >= 11 is 0. The second kappa shape index (κ2) is 9.40. The molecule has 2 N–H and O–H groups in total. The van der Waals surface area contributed by atoms with Gasteiger partial charge in [0.1, 0.15) is 17.2 Å². The first-order chi connectivity index (χ1) is 17.3. The van der Waals surface area contributed by atoms with Gasteiger partial charge in [0.2, 0.25) is 0 Å². The Morgan fingerprint density at radius 1 is 1.11 bits per heavy atom. The normalized spacial score (nSPS) is 19.9. The number of hydrazone groups is 1. The number of aromatic amines is 1. The van der Waals surface area contributed by atoms with Gasteiger partial charge in [0, 0.05) is 54.2 Å². The molecule has 1 aromatic carbocycles. The molecule has 0 amide bonds. The molecule has 3 aromatic heterocycles. The van der Waals surface area contributed by atoms with Crippen LogP contribution in [-0.4, -0.2) is 62.2 Å². The number of rotatable bonds is 5. The largest absolute Gasteiger partial charge is 0.378 e. The molecule has 0 unspecified atom stereocenters. The maximum absolute atomic E-state index is 5.59. The Morgan fingerprint density at radius 2 is 2.03 bits per heavy atom. The molecule has 0 bridgehead atoms. The van der Waals surface area contributed by atoms with Crippen LogP contribution in [0, 0.1) is 0 Å². The Balaban J connectivity index is 1.33. The number of benzene rings is 1. The van der Waals surface area contributed by atoms with Crippen molar-refractivity contribution in [3.8, 4) is 11.4 Å². The van der Waals surface area contributed by atoms with Crippen molar-refractivity contribution in [3.05, 3.63) is 90.3 Å². The lowest BCUT2D eigenvalue weighted by atomic mass is 10.2. The van der Waals surface area contributed by atoms with E-state index in [9.17, 15) is 0 Å². The highest BCUT2D eigenvalue weighted by Gasteiger charge is 2.21. The molecule has 0 aliphatic carbocycles. The average Bonchev–Trinajstić information content (AvgIpc) is 3.51. The third kappa shape index (κ3) is 4.36. The number of para-hydroxylation sites is 1. The Morgan fingerprint density at radius 3 is 2.91 bits per heavy atom. The van der Waals surface area contributed by atoms with Crippen LogP contribution in [0.4, 0.5) is 0 Å². The van der Waals surface area contributed by atoms with E-state index in [4.69, 9.17) is 9.84 Å². The van der Waals surface area contributed by atoms with E-state index < -0.39 is 0 Å². The molecule has 0 radical (unpaired) electrons. The highest BCUT2D eigenvalue weighted by atomic mass is 16.5. The van der Waals surface area contributed by atoms with Crippen molar-refractivity contribution in [2.24, 2.45) is 5.10 Å². The van der Waals surface area contributed by atoms with E-state index in [2.05, 4.69) is 48.6 Å². The van der Waals surface area contributed by atoms with Gasteiger partial charge in [0.15, 0.2) is 0 Å². The zero-order valence-corrected chi connectivity index (χ0v) is 19.0. The minimum absolute atomic E-state index is 0.673. The van der Waals surface area contributed by atoms with Crippen molar-refractivity contribution in [1.29, 1.82) is 0 Å². The quantitative estimate of drug-likeness (QED) is 0.347. The number of H-pyrrole nitrogens is 1. The standard InChI is InChI=1S/C26H24N8O/c1-2-7-23-22(6-1)19(16-29-23)17-30-31-20-4-3-5-21-15-24(25-18-27-8-9-28-25)32-34(21)26(14-20)33-10-12-35-13-11-33/h1-9,14-18,29,31H,10-13H2/b5-3+,20-4-,26-14-,30-17+. The molecule has 35 heavy (non-hydrogen) atoms. The van der Waals surface area contributed by atoms with Gasteiger partial charge in [0.25, 0.3) is 0 Å². The maximum atomic E-state index is 5.59. The first-order valence-electron chi connectivity index (χ1n) is 11.5. The van der Waals surface area contributed by atoms with Crippen LogP contribution in [0.1, 0.15) is 11.3 Å². The second-order valence-corrected chi connectivity index (χ2v) is 8.20. The van der Waals surface area contributed by atoms with Gasteiger partial charge < -0.3 is 14.6 Å². The van der Waals surface area contributed by atoms with Crippen LogP contribution >= 0.6 is 0 Å². The molecular formula is C26H24N8O. The second-order valence-electron chi connectivity index (χ2n) is 8.20. The molecule has 1 saturated heterocycles. The molecule has 6 rings (SSSR count). The van der Waals surface area contributed by atoms with Crippen molar-refractivity contribution in [1.82, 2.24) is 35.1 Å². The van der Waals surface area contributed by atoms with E-state index >= 15 is 0 Å². The van der Waals surface area contributed by atoms with Crippen molar-refractivity contribution < 1.29 is 4.74 Å². The lowest BCUT2D eigenvalue weighted by Crippen LogP contribution is -2.37. The maximum Gasteiger partial charge on any atom is 0.133 e. The Bertz CT molecular complexity index is 1460. The molecule has 5 heterocycles. The summed E-state index contributed by atoms with van der Waals surface area (Å²) in [6, 6.07) is 10.2. The van der Waals surface area contributed by atoms with Crippen LogP contribution in [0.25, 0.3) is 34.2 Å². The van der Waals surface area contributed by atoms with E-state index in [0.29, 0.717) is 13.2 Å². The summed E-state index contributed by atoms with van der Waals surface area (Å²) in [5.74, 6) is 0.948. The summed E-state index contributed by atoms with van der Waals surface area (Å²) < 4.78 is 7.54. The zero-order chi connectivity index (χ0) is 23.5. The van der Waals surface area contributed by atoms with Gasteiger partial charge in [0.05, 0.1) is 37.0 Å². The van der Waals surface area contributed by atoms with Crippen LogP contribution in [0.15, 0.2) is 84.1 Å². The van der Waals surface area contributed by atoms with Crippen molar-refractivity contribution in [2.75, 3.05) is 26.3 Å². The van der Waals surface area contributed by atoms with Gasteiger partial charge in [-0.3, -0.25) is 15.4 Å². The van der Waals surface area contributed by atoms with E-state index in [-0.39, 0.29) is 0 Å². The number of allylic oxidation sites excluding steroid dienone is 3. The monoisotopic (exact) mass is 464 g/mol. The van der Waals surface area contributed by atoms with Crippen LogP contribution in [0.3, 0.4) is 0 Å². The van der Waals surface area contributed by atoms with Gasteiger partial charge in [-0.1, -0.05) is 24.3 Å². The van der Waals surface area contributed by atoms with Gasteiger partial charge in [-0.15, -0.1) is 0 Å². The number of fused-ring (bicyclic) bond motifs is 2. The zero-order valence-electron chi connectivity index (χ0n) is 19.0. The van der Waals surface area contributed by atoms with Crippen LogP contribution in [0.2, 0.25) is 0 Å². The first-order valence-corrected chi connectivity index (χ1v) is 11.5. The van der Waals surface area contributed by atoms with Crippen LogP contribution in [-0.2, 0) is 4.74 Å². The predicted molar refractivity (Wildman–Crippen MR) is 136 cm³/mol. The highest BCUT2D eigenvalue weighted by Crippen LogP contribution is 2.25. The summed E-state index contributed by atoms with van der Waals surface area (Å²) in [6.45, 7) is 2.90. The summed E-state index contributed by atoms with van der Waals surface area (Å²) in [5, 5.41) is 10.5. The number of nitrogens with zero attached hydrogens (tertiary/aromatic N) is 6. The number of ether oxygens (including phenoxy) is 1.